The average Bonchev–Trinajstić information content (AvgIpc) is 3.73. The zero-order valence-electron chi connectivity index (χ0n) is 24.5. The number of nitrogens with one attached hydrogen (secondary N) is 2. The number of carbonyl (C=O) groups is 1. The Morgan fingerprint density at radius 1 is 1.02 bits per heavy atom. The molecule has 12 heteroatoms. The maximum atomic E-state index is 12.8. The summed E-state index contributed by atoms with van der Waals surface area (Å²) in [6, 6.07) is 13.0. The first kappa shape index (κ1) is 29.3. The van der Waals surface area contributed by atoms with E-state index in [9.17, 15) is 4.79 Å². The minimum absolute atomic E-state index is 0.0179. The van der Waals surface area contributed by atoms with Gasteiger partial charge in [-0.25, -0.2) is 0 Å². The summed E-state index contributed by atoms with van der Waals surface area (Å²) in [5, 5.41) is 24.9. The number of hydrogen-bond donors (Lipinski definition) is 2. The first-order chi connectivity index (χ1) is 20.4. The summed E-state index contributed by atoms with van der Waals surface area (Å²) in [7, 11) is 0. The number of anilines is 3. The van der Waals surface area contributed by atoms with Crippen LogP contribution in [-0.4, -0.2) is 93.2 Å². The number of aromatic nitrogens is 4. The molecule has 6 rings (SSSR count). The van der Waals surface area contributed by atoms with E-state index in [1.807, 2.05) is 23.9 Å². The lowest BCUT2D eigenvalue weighted by Crippen LogP contribution is -2.44. The molecular formula is C30H41N9OS2. The number of likely N-dealkylation sites (tertiary alicyclic amines) is 2. The third-order valence-electron chi connectivity index (χ3n) is 8.60. The van der Waals surface area contributed by atoms with Gasteiger partial charge in [0.15, 0.2) is 5.82 Å². The van der Waals surface area contributed by atoms with Gasteiger partial charge < -0.3 is 10.2 Å². The van der Waals surface area contributed by atoms with Crippen molar-refractivity contribution < 1.29 is 4.79 Å². The number of piperidine rings is 1. The van der Waals surface area contributed by atoms with E-state index >= 15 is 0 Å². The van der Waals surface area contributed by atoms with Crippen LogP contribution in [0.25, 0.3) is 0 Å². The van der Waals surface area contributed by atoms with Gasteiger partial charge in [0.25, 0.3) is 0 Å². The highest BCUT2D eigenvalue weighted by Gasteiger charge is 2.40. The Kier molecular flexibility index (Phi) is 9.23. The molecule has 3 fully saturated rings. The van der Waals surface area contributed by atoms with Crippen molar-refractivity contribution in [3.63, 3.8) is 0 Å². The molecule has 1 aromatic carbocycles. The molecule has 1 atom stereocenters. The van der Waals surface area contributed by atoms with E-state index in [2.05, 4.69) is 83.8 Å². The molecule has 2 aromatic heterocycles. The van der Waals surface area contributed by atoms with Crippen molar-refractivity contribution in [3.05, 3.63) is 48.2 Å². The first-order valence-corrected chi connectivity index (χ1v) is 16.7. The first-order valence-electron chi connectivity index (χ1n) is 15.0. The third kappa shape index (κ3) is 7.39. The lowest BCUT2D eigenvalue weighted by atomic mass is 9.78. The minimum atomic E-state index is -0.0179. The molecule has 0 unspecified atom stereocenters. The van der Waals surface area contributed by atoms with Gasteiger partial charge in [0.05, 0.1) is 6.54 Å². The molecule has 10 nitrogen and oxygen atoms in total. The highest BCUT2D eigenvalue weighted by molar-refractivity contribution is 8.00. The Morgan fingerprint density at radius 3 is 2.60 bits per heavy atom. The van der Waals surface area contributed by atoms with E-state index in [0.717, 1.165) is 76.0 Å². The van der Waals surface area contributed by atoms with Crippen LogP contribution in [0.3, 0.4) is 0 Å². The third-order valence-corrected chi connectivity index (χ3v) is 10.5. The largest absolute Gasteiger partial charge is 0.355 e. The fourth-order valence-corrected chi connectivity index (χ4v) is 8.10. The van der Waals surface area contributed by atoms with E-state index in [4.69, 9.17) is 0 Å². The number of thioether (sulfide) groups is 1. The number of nitrogens with zero attached hydrogens (tertiary/aromatic N) is 7. The van der Waals surface area contributed by atoms with Crippen LogP contribution < -0.4 is 15.5 Å². The Hall–Kier alpha value is -2.80. The van der Waals surface area contributed by atoms with Gasteiger partial charge in [-0.05, 0) is 74.5 Å². The molecule has 0 bridgehead atoms. The van der Waals surface area contributed by atoms with Gasteiger partial charge in [-0.2, -0.15) is 5.10 Å². The van der Waals surface area contributed by atoms with Crippen LogP contribution in [0.2, 0.25) is 0 Å². The normalized spacial score (nSPS) is 20.9. The van der Waals surface area contributed by atoms with E-state index in [1.165, 1.54) is 28.2 Å². The van der Waals surface area contributed by atoms with Crippen molar-refractivity contribution in [2.75, 3.05) is 61.3 Å². The second kappa shape index (κ2) is 13.2. The van der Waals surface area contributed by atoms with Crippen LogP contribution in [0.1, 0.15) is 45.1 Å². The number of carbonyl (C=O) groups excluding carboxylic acids is 1. The SMILES string of the molecule is CC(C)Sc1ccccc1CN1CCC2(CCN(CC(=O)Nc3nnc(N[C@@H]4CCN(c5cccnn5)C4)s3)CC2)C1. The monoisotopic (exact) mass is 607 g/mol. The van der Waals surface area contributed by atoms with Gasteiger partial charge in [0, 0.05) is 48.6 Å². The topological polar surface area (TPSA) is 102 Å². The van der Waals surface area contributed by atoms with Crippen LogP contribution in [-0.2, 0) is 11.3 Å². The predicted octanol–water partition coefficient (Wildman–Crippen LogP) is 4.45. The summed E-state index contributed by atoms with van der Waals surface area (Å²) in [5.74, 6) is 0.874. The molecule has 0 saturated carbocycles. The van der Waals surface area contributed by atoms with Gasteiger partial charge in [-0.15, -0.1) is 27.1 Å². The van der Waals surface area contributed by atoms with Crippen molar-refractivity contribution in [2.24, 2.45) is 5.41 Å². The maximum absolute atomic E-state index is 12.8. The smallest absolute Gasteiger partial charge is 0.240 e. The molecular weight excluding hydrogens is 567 g/mol. The fourth-order valence-electron chi connectivity index (χ4n) is 6.42. The predicted molar refractivity (Wildman–Crippen MR) is 170 cm³/mol. The molecule has 5 heterocycles. The summed E-state index contributed by atoms with van der Waals surface area (Å²) < 4.78 is 0. The Balaban J connectivity index is 0.926. The van der Waals surface area contributed by atoms with Crippen LogP contribution in [0.5, 0.6) is 0 Å². The second-order valence-corrected chi connectivity index (χ2v) is 14.7. The highest BCUT2D eigenvalue weighted by atomic mass is 32.2. The zero-order chi connectivity index (χ0) is 28.9. The number of amides is 1. The molecule has 42 heavy (non-hydrogen) atoms. The summed E-state index contributed by atoms with van der Waals surface area (Å²) in [4.78, 5) is 21.4. The summed E-state index contributed by atoms with van der Waals surface area (Å²) in [6.07, 6.45) is 6.23. The van der Waals surface area contributed by atoms with Gasteiger partial charge in [-0.3, -0.25) is 19.9 Å². The van der Waals surface area contributed by atoms with Gasteiger partial charge in [-0.1, -0.05) is 43.4 Å². The number of hydrogen-bond acceptors (Lipinski definition) is 11. The zero-order valence-corrected chi connectivity index (χ0v) is 26.2. The van der Waals surface area contributed by atoms with E-state index in [1.54, 1.807) is 6.20 Å². The Labute approximate surface area is 256 Å². The molecule has 3 aliphatic rings. The summed E-state index contributed by atoms with van der Waals surface area (Å²) >= 11 is 3.35. The summed E-state index contributed by atoms with van der Waals surface area (Å²) in [5.41, 5.74) is 1.83. The van der Waals surface area contributed by atoms with E-state index in [0.29, 0.717) is 22.3 Å². The quantitative estimate of drug-likeness (QED) is 0.322. The highest BCUT2D eigenvalue weighted by Crippen LogP contribution is 2.41. The molecule has 224 valence electrons. The standard InChI is InChI=1S/C30H41N9OS2/c1-22(2)41-25-7-4-3-6-23(25)18-38-17-12-30(21-38)10-15-37(16-11-30)20-27(40)33-29-36-35-28(42-29)32-24-9-14-39(19-24)26-8-5-13-31-34-26/h3-8,13,22,24H,9-12,14-21H2,1-2H3,(H,32,35)(H,33,36,40)/t24-/m1/s1. The van der Waals surface area contributed by atoms with Crippen molar-refractivity contribution in [1.29, 1.82) is 0 Å². The minimum Gasteiger partial charge on any atom is -0.355 e. The number of benzene rings is 1. The Morgan fingerprint density at radius 2 is 1.81 bits per heavy atom. The molecule has 3 aliphatic heterocycles. The van der Waals surface area contributed by atoms with Crippen molar-refractivity contribution in [1.82, 2.24) is 30.2 Å². The lowest BCUT2D eigenvalue weighted by Gasteiger charge is -2.39. The van der Waals surface area contributed by atoms with Crippen LogP contribution in [0.4, 0.5) is 16.1 Å². The molecule has 1 amide bonds. The maximum Gasteiger partial charge on any atom is 0.240 e. The molecule has 0 radical (unpaired) electrons. The molecule has 2 N–H and O–H groups in total. The molecule has 1 spiro atoms. The fraction of sp³-hybridized carbons (Fsp3) is 0.567. The van der Waals surface area contributed by atoms with Gasteiger partial charge >= 0.3 is 0 Å². The second-order valence-electron chi connectivity index (χ2n) is 12.1. The lowest BCUT2D eigenvalue weighted by molar-refractivity contribution is -0.117. The average molecular weight is 608 g/mol. The van der Waals surface area contributed by atoms with Crippen molar-refractivity contribution >= 4 is 45.1 Å². The molecule has 0 aliphatic carbocycles. The molecule has 3 saturated heterocycles. The van der Waals surface area contributed by atoms with Crippen LogP contribution in [0.15, 0.2) is 47.5 Å². The van der Waals surface area contributed by atoms with Crippen molar-refractivity contribution in [2.45, 2.75) is 62.3 Å². The van der Waals surface area contributed by atoms with E-state index < -0.39 is 0 Å². The van der Waals surface area contributed by atoms with Gasteiger partial charge in [0.2, 0.25) is 16.2 Å². The molecule has 3 aromatic rings. The Bertz CT molecular complexity index is 1330. The van der Waals surface area contributed by atoms with Crippen molar-refractivity contribution in [3.8, 4) is 0 Å². The van der Waals surface area contributed by atoms with E-state index in [-0.39, 0.29) is 11.9 Å². The number of rotatable bonds is 10. The summed E-state index contributed by atoms with van der Waals surface area (Å²) in [6.45, 7) is 12.0. The van der Waals surface area contributed by atoms with Crippen LogP contribution >= 0.6 is 23.1 Å². The van der Waals surface area contributed by atoms with Crippen LogP contribution in [0, 0.1) is 5.41 Å². The van der Waals surface area contributed by atoms with Gasteiger partial charge in [0.1, 0.15) is 0 Å².